The van der Waals surface area contributed by atoms with Crippen molar-refractivity contribution in [1.82, 2.24) is 9.97 Å². The van der Waals surface area contributed by atoms with Gasteiger partial charge in [-0.05, 0) is 18.9 Å². The first kappa shape index (κ1) is 13.3. The third-order valence-electron chi connectivity index (χ3n) is 2.98. The summed E-state index contributed by atoms with van der Waals surface area (Å²) in [5.41, 5.74) is 1.34. The molecule has 0 fully saturated rings. The van der Waals surface area contributed by atoms with E-state index < -0.39 is 0 Å². The van der Waals surface area contributed by atoms with E-state index in [0.29, 0.717) is 0 Å². The van der Waals surface area contributed by atoms with Crippen LogP contribution in [0.1, 0.15) is 12.5 Å². The van der Waals surface area contributed by atoms with E-state index in [1.165, 1.54) is 5.56 Å². The number of aromatic nitrogens is 2. The second-order valence-corrected chi connectivity index (χ2v) is 4.45. The molecule has 100 valence electrons. The molecule has 4 nitrogen and oxygen atoms in total. The third kappa shape index (κ3) is 3.95. The number of rotatable bonds is 6. The molecule has 0 aliphatic rings. The second-order valence-electron chi connectivity index (χ2n) is 4.45. The molecular formula is C15H20N4. The van der Waals surface area contributed by atoms with Gasteiger partial charge < -0.3 is 10.2 Å². The van der Waals surface area contributed by atoms with Crippen LogP contribution in [-0.2, 0) is 6.42 Å². The highest BCUT2D eigenvalue weighted by molar-refractivity contribution is 5.47. The van der Waals surface area contributed by atoms with Crippen molar-refractivity contribution >= 4 is 11.6 Å². The summed E-state index contributed by atoms with van der Waals surface area (Å²) in [6.45, 7) is 3.86. The summed E-state index contributed by atoms with van der Waals surface area (Å²) in [4.78, 5) is 10.6. The fraction of sp³-hybridized carbons (Fsp3) is 0.333. The lowest BCUT2D eigenvalue weighted by molar-refractivity contribution is 0.855. The molecule has 1 N–H and O–H groups in total. The maximum Gasteiger partial charge on any atom is 0.133 e. The van der Waals surface area contributed by atoms with Gasteiger partial charge in [-0.15, -0.1) is 0 Å². The number of anilines is 2. The number of nitrogens with one attached hydrogen (secondary N) is 1. The highest BCUT2D eigenvalue weighted by atomic mass is 15.2. The molecule has 0 aliphatic heterocycles. The molecule has 0 bridgehead atoms. The average molecular weight is 256 g/mol. The smallest absolute Gasteiger partial charge is 0.133 e. The van der Waals surface area contributed by atoms with Crippen LogP contribution in [0.4, 0.5) is 11.6 Å². The standard InChI is InChI=1S/C15H20N4/c1-3-16-14-11-15(18-12-17-14)19(2)10-9-13-7-5-4-6-8-13/h4-8,11-12H,3,9-10H2,1-2H3,(H,16,17,18). The summed E-state index contributed by atoms with van der Waals surface area (Å²) in [5.74, 6) is 1.82. The van der Waals surface area contributed by atoms with E-state index in [9.17, 15) is 0 Å². The molecule has 4 heteroatoms. The summed E-state index contributed by atoms with van der Waals surface area (Å²) in [7, 11) is 2.06. The second kappa shape index (κ2) is 6.73. The van der Waals surface area contributed by atoms with Gasteiger partial charge in [-0.1, -0.05) is 30.3 Å². The van der Waals surface area contributed by atoms with Gasteiger partial charge in [-0.2, -0.15) is 0 Å². The van der Waals surface area contributed by atoms with Crippen LogP contribution in [0.3, 0.4) is 0 Å². The Morgan fingerprint density at radius 3 is 2.68 bits per heavy atom. The Bertz CT molecular complexity index is 499. The van der Waals surface area contributed by atoms with Crippen molar-refractivity contribution in [2.45, 2.75) is 13.3 Å². The largest absolute Gasteiger partial charge is 0.370 e. The summed E-state index contributed by atoms with van der Waals surface area (Å²) in [6.07, 6.45) is 2.62. The summed E-state index contributed by atoms with van der Waals surface area (Å²) in [5, 5.41) is 3.20. The third-order valence-corrected chi connectivity index (χ3v) is 2.98. The fourth-order valence-electron chi connectivity index (χ4n) is 1.89. The molecule has 0 saturated carbocycles. The predicted octanol–water partition coefficient (Wildman–Crippen LogP) is 2.59. The SMILES string of the molecule is CCNc1cc(N(C)CCc2ccccc2)ncn1. The first-order valence-corrected chi connectivity index (χ1v) is 6.60. The Labute approximate surface area is 114 Å². The number of nitrogens with zero attached hydrogens (tertiary/aromatic N) is 3. The van der Waals surface area contributed by atoms with E-state index in [4.69, 9.17) is 0 Å². The van der Waals surface area contributed by atoms with E-state index in [1.54, 1.807) is 6.33 Å². The lowest BCUT2D eigenvalue weighted by Gasteiger charge is -2.18. The van der Waals surface area contributed by atoms with E-state index >= 15 is 0 Å². The quantitative estimate of drug-likeness (QED) is 0.862. The first-order valence-electron chi connectivity index (χ1n) is 6.60. The number of hydrogen-bond donors (Lipinski definition) is 1. The van der Waals surface area contributed by atoms with Gasteiger partial charge in [-0.25, -0.2) is 9.97 Å². The molecule has 19 heavy (non-hydrogen) atoms. The van der Waals surface area contributed by atoms with Crippen molar-refractivity contribution in [2.24, 2.45) is 0 Å². The zero-order valence-electron chi connectivity index (χ0n) is 11.5. The summed E-state index contributed by atoms with van der Waals surface area (Å²) in [6, 6.07) is 12.5. The molecule has 0 unspecified atom stereocenters. The van der Waals surface area contributed by atoms with Crippen LogP contribution < -0.4 is 10.2 Å². The van der Waals surface area contributed by atoms with E-state index in [1.807, 2.05) is 12.1 Å². The molecule has 0 aliphatic carbocycles. The first-order chi connectivity index (χ1) is 9.29. The van der Waals surface area contributed by atoms with E-state index in [0.717, 1.165) is 31.1 Å². The number of benzene rings is 1. The Balaban J connectivity index is 1.95. The molecule has 1 aromatic heterocycles. The Hall–Kier alpha value is -2.10. The molecule has 2 rings (SSSR count). The highest BCUT2D eigenvalue weighted by Gasteiger charge is 2.04. The molecule has 0 saturated heterocycles. The Kier molecular flexibility index (Phi) is 4.72. The van der Waals surface area contributed by atoms with Crippen LogP contribution in [-0.4, -0.2) is 30.1 Å². The van der Waals surface area contributed by atoms with Crippen molar-refractivity contribution in [1.29, 1.82) is 0 Å². The zero-order valence-corrected chi connectivity index (χ0v) is 11.5. The molecule has 0 spiro atoms. The van der Waals surface area contributed by atoms with Crippen molar-refractivity contribution < 1.29 is 0 Å². The van der Waals surface area contributed by atoms with Crippen LogP contribution in [0.5, 0.6) is 0 Å². The maximum atomic E-state index is 4.31. The lowest BCUT2D eigenvalue weighted by atomic mass is 10.1. The zero-order chi connectivity index (χ0) is 13.5. The minimum atomic E-state index is 0.865. The van der Waals surface area contributed by atoms with Crippen LogP contribution in [0.25, 0.3) is 0 Å². The molecule has 1 heterocycles. The monoisotopic (exact) mass is 256 g/mol. The van der Waals surface area contributed by atoms with Crippen molar-refractivity contribution in [3.05, 3.63) is 48.3 Å². The van der Waals surface area contributed by atoms with Gasteiger partial charge in [0.25, 0.3) is 0 Å². The minimum absolute atomic E-state index is 0.865. The van der Waals surface area contributed by atoms with Gasteiger partial charge >= 0.3 is 0 Å². The van der Waals surface area contributed by atoms with Crippen LogP contribution in [0.15, 0.2) is 42.7 Å². The van der Waals surface area contributed by atoms with Gasteiger partial charge in [0.1, 0.15) is 18.0 Å². The molecular weight excluding hydrogens is 236 g/mol. The van der Waals surface area contributed by atoms with Crippen LogP contribution >= 0.6 is 0 Å². The lowest BCUT2D eigenvalue weighted by Crippen LogP contribution is -2.21. The van der Waals surface area contributed by atoms with Gasteiger partial charge in [-0.3, -0.25) is 0 Å². The minimum Gasteiger partial charge on any atom is -0.370 e. The normalized spacial score (nSPS) is 10.2. The van der Waals surface area contributed by atoms with Crippen LogP contribution in [0, 0.1) is 0 Å². The van der Waals surface area contributed by atoms with Gasteiger partial charge in [0.05, 0.1) is 0 Å². The van der Waals surface area contributed by atoms with Gasteiger partial charge in [0, 0.05) is 26.2 Å². The molecule has 2 aromatic rings. The van der Waals surface area contributed by atoms with Crippen molar-refractivity contribution in [2.75, 3.05) is 30.4 Å². The molecule has 0 amide bonds. The summed E-state index contributed by atoms with van der Waals surface area (Å²) >= 11 is 0. The highest BCUT2D eigenvalue weighted by Crippen LogP contribution is 2.13. The predicted molar refractivity (Wildman–Crippen MR) is 79.6 cm³/mol. The van der Waals surface area contributed by atoms with Crippen molar-refractivity contribution in [3.8, 4) is 0 Å². The maximum absolute atomic E-state index is 4.31. The number of likely N-dealkylation sites (N-methyl/N-ethyl adjacent to an activating group) is 1. The van der Waals surface area contributed by atoms with Gasteiger partial charge in [0.2, 0.25) is 0 Å². The van der Waals surface area contributed by atoms with E-state index in [-0.39, 0.29) is 0 Å². The summed E-state index contributed by atoms with van der Waals surface area (Å²) < 4.78 is 0. The molecule has 1 aromatic carbocycles. The van der Waals surface area contributed by atoms with Gasteiger partial charge in [0.15, 0.2) is 0 Å². The number of hydrogen-bond acceptors (Lipinski definition) is 4. The molecule has 0 radical (unpaired) electrons. The average Bonchev–Trinajstić information content (AvgIpc) is 2.46. The molecule has 0 atom stereocenters. The van der Waals surface area contributed by atoms with E-state index in [2.05, 4.69) is 58.4 Å². The van der Waals surface area contributed by atoms with Crippen LogP contribution in [0.2, 0.25) is 0 Å². The fourth-order valence-corrected chi connectivity index (χ4v) is 1.89. The Morgan fingerprint density at radius 2 is 1.95 bits per heavy atom. The topological polar surface area (TPSA) is 41.0 Å². The van der Waals surface area contributed by atoms with Crippen molar-refractivity contribution in [3.63, 3.8) is 0 Å². The Morgan fingerprint density at radius 1 is 1.16 bits per heavy atom.